The normalized spacial score (nSPS) is 11.9. The number of carbonyl (C=O) groups excluding carboxylic acids is 1. The van der Waals surface area contributed by atoms with E-state index in [4.69, 9.17) is 11.1 Å². The van der Waals surface area contributed by atoms with E-state index >= 15 is 0 Å². The summed E-state index contributed by atoms with van der Waals surface area (Å²) in [6, 6.07) is 1.69. The lowest BCUT2D eigenvalue weighted by Gasteiger charge is -2.16. The predicted molar refractivity (Wildman–Crippen MR) is 143 cm³/mol. The first-order valence-corrected chi connectivity index (χ1v) is 12.6. The molecule has 1 rings (SSSR count). The molecule has 0 saturated heterocycles. The van der Waals surface area contributed by atoms with Gasteiger partial charge in [0.15, 0.2) is 0 Å². The number of allylic oxidation sites excluding steroid dienone is 4. The Kier molecular flexibility index (Phi) is 13.1. The Morgan fingerprint density at radius 3 is 2.53 bits per heavy atom. The zero-order chi connectivity index (χ0) is 25.7. The molecule has 0 radical (unpaired) electrons. The summed E-state index contributed by atoms with van der Waals surface area (Å²) < 4.78 is 2.69. The van der Waals surface area contributed by atoms with E-state index in [2.05, 4.69) is 36.6 Å². The average Bonchev–Trinajstić information content (AvgIpc) is 2.72. The minimum atomic E-state index is -0.413. The van der Waals surface area contributed by atoms with Crippen LogP contribution in [0.25, 0.3) is 0 Å². The molecule has 0 aliphatic heterocycles. The smallest absolute Gasteiger partial charge is 0.237 e. The van der Waals surface area contributed by atoms with Crippen LogP contribution in [0.4, 0.5) is 0 Å². The van der Waals surface area contributed by atoms with Gasteiger partial charge in [0.1, 0.15) is 17.3 Å². The molecular weight excluding hydrogens is 448 g/mol. The van der Waals surface area contributed by atoms with Gasteiger partial charge in [-0.1, -0.05) is 43.1 Å². The number of benzene rings is 1. The molecule has 0 aliphatic rings. The van der Waals surface area contributed by atoms with Gasteiger partial charge in [0.25, 0.3) is 0 Å². The summed E-state index contributed by atoms with van der Waals surface area (Å²) in [7, 11) is 0. The number of carbonyl (C=O) groups is 1. The van der Waals surface area contributed by atoms with Crippen LogP contribution in [0, 0.1) is 5.41 Å². The molecule has 0 aliphatic carbocycles. The highest BCUT2D eigenvalue weighted by atomic mass is 32.2. The number of unbranched alkanes of at least 4 members (excludes halogenated alkanes) is 2. The molecule has 1 aromatic carbocycles. The number of nitrogens with zero attached hydrogens (tertiary/aromatic N) is 1. The van der Waals surface area contributed by atoms with Gasteiger partial charge in [-0.15, -0.1) is 0 Å². The fraction of sp³-hybridized carbons (Fsp3) is 0.500. The van der Waals surface area contributed by atoms with E-state index in [0.717, 1.165) is 49.6 Å². The molecule has 6 N–H and O–H groups in total. The van der Waals surface area contributed by atoms with E-state index in [-0.39, 0.29) is 29.6 Å². The van der Waals surface area contributed by atoms with Gasteiger partial charge in [-0.25, -0.2) is 4.99 Å². The van der Waals surface area contributed by atoms with Crippen molar-refractivity contribution in [1.82, 2.24) is 4.72 Å². The van der Waals surface area contributed by atoms with Crippen LogP contribution in [0.2, 0.25) is 0 Å². The minimum Gasteiger partial charge on any atom is -0.508 e. The summed E-state index contributed by atoms with van der Waals surface area (Å²) >= 11 is 1.01. The molecular formula is C26H40N4O3S. The van der Waals surface area contributed by atoms with Crippen molar-refractivity contribution < 1.29 is 15.0 Å². The fourth-order valence-electron chi connectivity index (χ4n) is 3.31. The monoisotopic (exact) mass is 488 g/mol. The first-order chi connectivity index (χ1) is 16.0. The largest absolute Gasteiger partial charge is 0.508 e. The number of amides is 1. The molecule has 0 unspecified atom stereocenters. The molecule has 0 aromatic heterocycles. The van der Waals surface area contributed by atoms with Crippen LogP contribution in [0.3, 0.4) is 0 Å². The summed E-state index contributed by atoms with van der Waals surface area (Å²) in [5.74, 6) is -0.290. The quantitative estimate of drug-likeness (QED) is 0.0771. The molecule has 34 heavy (non-hydrogen) atoms. The molecule has 0 fully saturated rings. The number of hydrogen-bond donors (Lipinski definition) is 5. The number of amidine groups is 2. The maximum atomic E-state index is 12.3. The molecule has 0 saturated carbocycles. The Morgan fingerprint density at radius 2 is 1.91 bits per heavy atom. The van der Waals surface area contributed by atoms with Gasteiger partial charge in [-0.05, 0) is 83.4 Å². The van der Waals surface area contributed by atoms with Crippen molar-refractivity contribution in [1.29, 1.82) is 5.41 Å². The third-order valence-corrected chi connectivity index (χ3v) is 6.10. The molecule has 0 heterocycles. The van der Waals surface area contributed by atoms with Crippen LogP contribution >= 0.6 is 11.9 Å². The maximum Gasteiger partial charge on any atom is 0.237 e. The second kappa shape index (κ2) is 15.2. The Balaban J connectivity index is 3.08. The summed E-state index contributed by atoms with van der Waals surface area (Å²) in [6.07, 6.45) is 9.92. The van der Waals surface area contributed by atoms with Crippen molar-refractivity contribution in [2.45, 2.75) is 90.9 Å². The number of aliphatic imine (C=N–C) groups is 1. The Bertz CT molecular complexity index is 944. The molecule has 1 amide bonds. The lowest BCUT2D eigenvalue weighted by Crippen LogP contribution is -2.20. The second-order valence-corrected chi connectivity index (χ2v) is 9.56. The third kappa shape index (κ3) is 10.9. The van der Waals surface area contributed by atoms with E-state index in [0.29, 0.717) is 23.3 Å². The summed E-state index contributed by atoms with van der Waals surface area (Å²) in [5, 5.41) is 29.4. The van der Waals surface area contributed by atoms with Gasteiger partial charge in [0, 0.05) is 5.56 Å². The molecule has 7 nitrogen and oxygen atoms in total. The number of phenols is 2. The molecule has 0 bridgehead atoms. The topological polar surface area (TPSA) is 132 Å². The van der Waals surface area contributed by atoms with Crippen molar-refractivity contribution in [2.24, 2.45) is 10.7 Å². The highest BCUT2D eigenvalue weighted by Gasteiger charge is 2.19. The standard InChI is InChI=1S/C26H40N4O3S/c1-6-7-8-12-20-15-22(31)21(14-13-18(4)11-9-10-17(2)3)25(33)26(20)34-30-24(32)16-23(28)29-19(5)27/h10,13,15,31,33H,6-9,11-12,14,16H2,1-5H3,(H,30,32)(H3,27,28,29)/b18-13+. The molecule has 8 heteroatoms. The molecule has 1 aromatic rings. The van der Waals surface area contributed by atoms with Crippen LogP contribution < -0.4 is 10.5 Å². The molecule has 0 spiro atoms. The van der Waals surface area contributed by atoms with Crippen LogP contribution in [-0.2, 0) is 17.6 Å². The second-order valence-electron chi connectivity index (χ2n) is 8.75. The maximum absolute atomic E-state index is 12.3. The zero-order valence-corrected chi connectivity index (χ0v) is 21.9. The SMILES string of the molecule is CCCCCc1cc(O)c(C/C=C(\C)CCC=C(C)C)c(O)c1SNC(=O)CC(=N)N=C(C)N. The van der Waals surface area contributed by atoms with E-state index in [1.807, 2.05) is 13.0 Å². The van der Waals surface area contributed by atoms with Crippen LogP contribution in [0.1, 0.15) is 84.3 Å². The number of aryl methyl sites for hydroxylation is 1. The fourth-order valence-corrected chi connectivity index (χ4v) is 4.11. The van der Waals surface area contributed by atoms with Gasteiger partial charge in [0.2, 0.25) is 5.91 Å². The number of nitrogens with two attached hydrogens (primary N) is 1. The third-order valence-electron chi connectivity index (χ3n) is 5.11. The van der Waals surface area contributed by atoms with Gasteiger partial charge >= 0.3 is 0 Å². The Labute approximate surface area is 208 Å². The van der Waals surface area contributed by atoms with E-state index in [1.54, 1.807) is 13.0 Å². The number of nitrogens with one attached hydrogen (secondary N) is 2. The first-order valence-electron chi connectivity index (χ1n) is 11.7. The van der Waals surface area contributed by atoms with Crippen molar-refractivity contribution in [3.05, 3.63) is 40.5 Å². The van der Waals surface area contributed by atoms with Gasteiger partial charge in [-0.3, -0.25) is 14.9 Å². The number of aromatic hydroxyl groups is 2. The van der Waals surface area contributed by atoms with Crippen LogP contribution in [0.15, 0.2) is 39.3 Å². The number of hydrogen-bond acceptors (Lipinski definition) is 5. The van der Waals surface area contributed by atoms with Crippen molar-refractivity contribution in [2.75, 3.05) is 0 Å². The lowest BCUT2D eigenvalue weighted by molar-refractivity contribution is -0.118. The van der Waals surface area contributed by atoms with E-state index in [1.165, 1.54) is 11.1 Å². The van der Waals surface area contributed by atoms with Crippen molar-refractivity contribution >= 4 is 29.5 Å². The van der Waals surface area contributed by atoms with Gasteiger partial charge in [0.05, 0.1) is 17.2 Å². The van der Waals surface area contributed by atoms with Crippen LogP contribution in [0.5, 0.6) is 11.5 Å². The summed E-state index contributed by atoms with van der Waals surface area (Å²) in [6.45, 7) is 9.86. The minimum absolute atomic E-state index is 0.0175. The Hall–Kier alpha value is -2.74. The predicted octanol–water partition coefficient (Wildman–Crippen LogP) is 5.93. The molecule has 188 valence electrons. The molecule has 0 atom stereocenters. The highest BCUT2D eigenvalue weighted by molar-refractivity contribution is 7.98. The van der Waals surface area contributed by atoms with Crippen LogP contribution in [-0.4, -0.2) is 27.8 Å². The average molecular weight is 489 g/mol. The highest BCUT2D eigenvalue weighted by Crippen LogP contribution is 2.40. The van der Waals surface area contributed by atoms with Crippen molar-refractivity contribution in [3.63, 3.8) is 0 Å². The number of phenolic OH excluding ortho intramolecular Hbond substituents is 2. The summed E-state index contributed by atoms with van der Waals surface area (Å²) in [4.78, 5) is 16.6. The summed E-state index contributed by atoms with van der Waals surface area (Å²) in [5.41, 5.74) is 9.15. The number of rotatable bonds is 13. The van der Waals surface area contributed by atoms with Gasteiger partial charge < -0.3 is 15.9 Å². The lowest BCUT2D eigenvalue weighted by atomic mass is 10.00. The first kappa shape index (κ1) is 29.3. The van der Waals surface area contributed by atoms with E-state index < -0.39 is 5.91 Å². The Morgan fingerprint density at radius 1 is 1.21 bits per heavy atom. The van der Waals surface area contributed by atoms with Gasteiger partial charge in [-0.2, -0.15) is 0 Å². The van der Waals surface area contributed by atoms with E-state index in [9.17, 15) is 15.0 Å². The zero-order valence-electron chi connectivity index (χ0n) is 21.1. The van der Waals surface area contributed by atoms with Crippen molar-refractivity contribution in [3.8, 4) is 11.5 Å².